The molecule has 0 fully saturated rings. The molecule has 0 bridgehead atoms. The van der Waals surface area contributed by atoms with Gasteiger partial charge in [-0.05, 0) is 45.4 Å². The Bertz CT molecular complexity index is 696. The average molecular weight is 365 g/mol. The molecule has 0 radical (unpaired) electrons. The number of hydrogen-bond donors (Lipinski definition) is 2. The fourth-order valence-corrected chi connectivity index (χ4v) is 3.58. The van der Waals surface area contributed by atoms with Crippen molar-refractivity contribution < 1.29 is 0 Å². The molecule has 0 saturated heterocycles. The Morgan fingerprint density at radius 3 is 2.79 bits per heavy atom. The first-order chi connectivity index (χ1) is 11.5. The highest BCUT2D eigenvalue weighted by atomic mass is 35.5. The summed E-state index contributed by atoms with van der Waals surface area (Å²) in [6.07, 6.45) is 0.916. The predicted molar refractivity (Wildman–Crippen MR) is 104 cm³/mol. The van der Waals surface area contributed by atoms with E-state index in [0.29, 0.717) is 0 Å². The molecule has 2 aromatic rings. The number of aliphatic imine (C=N–C) groups is 1. The van der Waals surface area contributed by atoms with Gasteiger partial charge in [0.25, 0.3) is 0 Å². The van der Waals surface area contributed by atoms with Crippen LogP contribution in [0.2, 0.25) is 5.02 Å². The molecule has 2 rings (SSSR count). The third kappa shape index (κ3) is 5.49. The number of aryl methyl sites for hydroxylation is 2. The van der Waals surface area contributed by atoms with Crippen LogP contribution in [0.4, 0.5) is 0 Å². The highest BCUT2D eigenvalue weighted by Crippen LogP contribution is 2.18. The quantitative estimate of drug-likeness (QED) is 0.594. The van der Waals surface area contributed by atoms with Crippen molar-refractivity contribution in [1.29, 1.82) is 0 Å². The molecule has 0 spiro atoms. The minimum atomic E-state index is 0.133. The molecular formula is C18H25ClN4S. The van der Waals surface area contributed by atoms with E-state index in [1.165, 1.54) is 4.88 Å². The van der Waals surface area contributed by atoms with E-state index in [1.807, 2.05) is 25.1 Å². The summed E-state index contributed by atoms with van der Waals surface area (Å²) in [5.41, 5.74) is 2.26. The number of benzene rings is 1. The smallest absolute Gasteiger partial charge is 0.191 e. The Morgan fingerprint density at radius 2 is 2.17 bits per heavy atom. The van der Waals surface area contributed by atoms with E-state index in [4.69, 9.17) is 11.6 Å². The first kappa shape index (κ1) is 18.7. The molecular weight excluding hydrogens is 340 g/mol. The van der Waals surface area contributed by atoms with Gasteiger partial charge in [-0.25, -0.2) is 4.98 Å². The van der Waals surface area contributed by atoms with Crippen molar-refractivity contribution >= 4 is 28.9 Å². The number of hydrogen-bond acceptors (Lipinski definition) is 3. The highest BCUT2D eigenvalue weighted by molar-refractivity contribution is 7.11. The van der Waals surface area contributed by atoms with Gasteiger partial charge in [-0.15, -0.1) is 11.3 Å². The number of halogens is 1. The van der Waals surface area contributed by atoms with Crippen LogP contribution in [-0.4, -0.2) is 24.0 Å². The third-order valence-corrected chi connectivity index (χ3v) is 5.02. The Balaban J connectivity index is 1.98. The van der Waals surface area contributed by atoms with Gasteiger partial charge >= 0.3 is 0 Å². The van der Waals surface area contributed by atoms with Crippen molar-refractivity contribution in [3.63, 3.8) is 0 Å². The van der Waals surface area contributed by atoms with Crippen LogP contribution in [0, 0.1) is 13.8 Å². The molecule has 0 aliphatic rings. The summed E-state index contributed by atoms with van der Waals surface area (Å²) in [6.45, 7) is 9.84. The lowest BCUT2D eigenvalue weighted by atomic mass is 10.1. The molecule has 130 valence electrons. The Kier molecular flexibility index (Phi) is 7.06. The number of aromatic nitrogens is 1. The lowest BCUT2D eigenvalue weighted by molar-refractivity contribution is 0.686. The summed E-state index contributed by atoms with van der Waals surface area (Å²) in [4.78, 5) is 10.5. The average Bonchev–Trinajstić information content (AvgIpc) is 2.85. The molecule has 1 atom stereocenters. The van der Waals surface area contributed by atoms with Crippen molar-refractivity contribution in [3.05, 3.63) is 50.4 Å². The van der Waals surface area contributed by atoms with E-state index in [0.717, 1.165) is 46.8 Å². The maximum atomic E-state index is 6.08. The van der Waals surface area contributed by atoms with E-state index in [2.05, 4.69) is 47.4 Å². The predicted octanol–water partition coefficient (Wildman–Crippen LogP) is 4.27. The number of nitrogens with zero attached hydrogens (tertiary/aromatic N) is 2. The van der Waals surface area contributed by atoms with E-state index >= 15 is 0 Å². The largest absolute Gasteiger partial charge is 0.357 e. The van der Waals surface area contributed by atoms with Crippen LogP contribution in [0.15, 0.2) is 29.3 Å². The minimum absolute atomic E-state index is 0.133. The van der Waals surface area contributed by atoms with Gasteiger partial charge in [0.05, 0.1) is 16.7 Å². The fourth-order valence-electron chi connectivity index (χ4n) is 2.46. The van der Waals surface area contributed by atoms with Crippen molar-refractivity contribution in [3.8, 4) is 0 Å². The van der Waals surface area contributed by atoms with Crippen molar-refractivity contribution in [2.24, 2.45) is 4.99 Å². The number of thiazole rings is 1. The summed E-state index contributed by atoms with van der Waals surface area (Å²) >= 11 is 7.83. The van der Waals surface area contributed by atoms with Crippen molar-refractivity contribution in [2.75, 3.05) is 13.1 Å². The summed E-state index contributed by atoms with van der Waals surface area (Å²) in [7, 11) is 0. The molecule has 24 heavy (non-hydrogen) atoms. The Labute approximate surface area is 153 Å². The van der Waals surface area contributed by atoms with Crippen molar-refractivity contribution in [1.82, 2.24) is 15.6 Å². The fraction of sp³-hybridized carbons (Fsp3) is 0.444. The summed E-state index contributed by atoms with van der Waals surface area (Å²) in [5.74, 6) is 0.823. The van der Waals surface area contributed by atoms with Crippen LogP contribution in [0.25, 0.3) is 0 Å². The summed E-state index contributed by atoms with van der Waals surface area (Å²) in [5, 5.41) is 8.60. The molecule has 1 unspecified atom stereocenters. The number of nitrogens with one attached hydrogen (secondary N) is 2. The lowest BCUT2D eigenvalue weighted by Gasteiger charge is -2.18. The lowest BCUT2D eigenvalue weighted by Crippen LogP contribution is -2.38. The monoisotopic (exact) mass is 364 g/mol. The molecule has 0 amide bonds. The van der Waals surface area contributed by atoms with E-state index in [9.17, 15) is 0 Å². The van der Waals surface area contributed by atoms with Gasteiger partial charge in [0.1, 0.15) is 0 Å². The standard InChI is InChI=1S/C18H25ClN4S/c1-5-20-18(21-10-9-17-13(3)22-14(4)24-17)23-12(2)15-7-6-8-16(19)11-15/h6-8,11-12H,5,9-10H2,1-4H3,(H2,20,21,23). The highest BCUT2D eigenvalue weighted by Gasteiger charge is 2.09. The Morgan fingerprint density at radius 1 is 1.38 bits per heavy atom. The molecule has 1 aromatic carbocycles. The van der Waals surface area contributed by atoms with Gasteiger partial charge in [0.15, 0.2) is 5.96 Å². The van der Waals surface area contributed by atoms with E-state index in [-0.39, 0.29) is 6.04 Å². The second kappa shape index (κ2) is 9.04. The molecule has 0 saturated carbocycles. The third-order valence-electron chi connectivity index (χ3n) is 3.65. The summed E-state index contributed by atoms with van der Waals surface area (Å²) < 4.78 is 0. The maximum Gasteiger partial charge on any atom is 0.191 e. The minimum Gasteiger partial charge on any atom is -0.357 e. The molecule has 6 heteroatoms. The molecule has 4 nitrogen and oxygen atoms in total. The first-order valence-electron chi connectivity index (χ1n) is 8.22. The second-order valence-corrected chi connectivity index (χ2v) is 7.40. The zero-order valence-electron chi connectivity index (χ0n) is 14.7. The van der Waals surface area contributed by atoms with Crippen LogP contribution < -0.4 is 10.6 Å². The molecule has 0 aliphatic heterocycles. The maximum absolute atomic E-state index is 6.08. The zero-order valence-corrected chi connectivity index (χ0v) is 16.3. The van der Waals surface area contributed by atoms with Gasteiger partial charge in [0, 0.05) is 29.4 Å². The van der Waals surface area contributed by atoms with Gasteiger partial charge in [0.2, 0.25) is 0 Å². The number of rotatable bonds is 6. The normalized spacial score (nSPS) is 13.0. The second-order valence-electron chi connectivity index (χ2n) is 5.67. The van der Waals surface area contributed by atoms with Gasteiger partial charge in [-0.1, -0.05) is 23.7 Å². The first-order valence-corrected chi connectivity index (χ1v) is 9.42. The van der Waals surface area contributed by atoms with Crippen molar-refractivity contribution in [2.45, 2.75) is 40.2 Å². The SMILES string of the molecule is CCNC(=NCCc1sc(C)nc1C)NC(C)c1cccc(Cl)c1. The topological polar surface area (TPSA) is 49.3 Å². The van der Waals surface area contributed by atoms with Crippen LogP contribution in [0.1, 0.15) is 41.0 Å². The van der Waals surface area contributed by atoms with Gasteiger partial charge in [-0.3, -0.25) is 4.99 Å². The molecule has 1 aromatic heterocycles. The van der Waals surface area contributed by atoms with Crippen LogP contribution in [0.3, 0.4) is 0 Å². The Hall–Kier alpha value is -1.59. The van der Waals surface area contributed by atoms with E-state index in [1.54, 1.807) is 11.3 Å². The number of guanidine groups is 1. The van der Waals surface area contributed by atoms with Gasteiger partial charge in [-0.2, -0.15) is 0 Å². The summed E-state index contributed by atoms with van der Waals surface area (Å²) in [6, 6.07) is 8.03. The molecule has 2 N–H and O–H groups in total. The van der Waals surface area contributed by atoms with Crippen LogP contribution >= 0.6 is 22.9 Å². The molecule has 0 aliphatic carbocycles. The van der Waals surface area contributed by atoms with Gasteiger partial charge < -0.3 is 10.6 Å². The zero-order chi connectivity index (χ0) is 17.5. The molecule has 1 heterocycles. The van der Waals surface area contributed by atoms with Crippen LogP contribution in [-0.2, 0) is 6.42 Å². The van der Waals surface area contributed by atoms with E-state index < -0.39 is 0 Å². The van der Waals surface area contributed by atoms with Crippen LogP contribution in [0.5, 0.6) is 0 Å².